The third kappa shape index (κ3) is 5.33. The summed E-state index contributed by atoms with van der Waals surface area (Å²) in [5.74, 6) is 0.105. The SMILES string of the molecule is Cc1cc(-c2c(Cc3ccc(C(F)(F)F)cc3)oc3ccccc3c2=O)c(-c2ccc(C(F)(F)F)cc2)c2oc3ccccc3c(=O)c12. The molecule has 0 amide bonds. The van der Waals surface area contributed by atoms with E-state index < -0.39 is 28.9 Å². The van der Waals surface area contributed by atoms with E-state index in [9.17, 15) is 35.9 Å². The Balaban J connectivity index is 1.57. The van der Waals surface area contributed by atoms with Gasteiger partial charge in [-0.2, -0.15) is 26.3 Å². The Hall–Kier alpha value is -5.64. The number of hydrogen-bond donors (Lipinski definition) is 0. The highest BCUT2D eigenvalue weighted by atomic mass is 19.4. The fourth-order valence-electron chi connectivity index (χ4n) is 6.05. The maximum atomic E-state index is 14.4. The van der Waals surface area contributed by atoms with E-state index in [0.717, 1.165) is 24.3 Å². The molecule has 7 rings (SSSR count). The summed E-state index contributed by atoms with van der Waals surface area (Å²) >= 11 is 0. The highest BCUT2D eigenvalue weighted by Gasteiger charge is 2.32. The van der Waals surface area contributed by atoms with Crippen molar-refractivity contribution in [1.29, 1.82) is 0 Å². The largest absolute Gasteiger partial charge is 0.460 e. The first-order chi connectivity index (χ1) is 22.8. The van der Waals surface area contributed by atoms with Gasteiger partial charge in [0, 0.05) is 17.5 Å². The second-order valence-electron chi connectivity index (χ2n) is 11.4. The van der Waals surface area contributed by atoms with Gasteiger partial charge >= 0.3 is 12.4 Å². The Morgan fingerprint density at radius 3 is 1.71 bits per heavy atom. The minimum absolute atomic E-state index is 0.0318. The smallest absolute Gasteiger partial charge is 0.416 e. The Bertz CT molecular complexity index is 2490. The van der Waals surface area contributed by atoms with E-state index in [1.54, 1.807) is 61.5 Å². The first-order valence-electron chi connectivity index (χ1n) is 14.7. The van der Waals surface area contributed by atoms with Crippen LogP contribution < -0.4 is 10.9 Å². The van der Waals surface area contributed by atoms with Crippen LogP contribution in [0.2, 0.25) is 0 Å². The van der Waals surface area contributed by atoms with Crippen LogP contribution in [0.4, 0.5) is 26.3 Å². The quantitative estimate of drug-likeness (QED) is 0.140. The van der Waals surface area contributed by atoms with Gasteiger partial charge in [0.15, 0.2) is 0 Å². The van der Waals surface area contributed by atoms with Crippen LogP contribution >= 0.6 is 0 Å². The Kier molecular flexibility index (Phi) is 7.27. The summed E-state index contributed by atoms with van der Waals surface area (Å²) in [4.78, 5) is 28.2. The molecule has 7 aromatic rings. The second-order valence-corrected chi connectivity index (χ2v) is 11.4. The third-order valence-corrected chi connectivity index (χ3v) is 8.34. The van der Waals surface area contributed by atoms with E-state index in [0.29, 0.717) is 16.5 Å². The van der Waals surface area contributed by atoms with Crippen LogP contribution in [0.3, 0.4) is 0 Å². The van der Waals surface area contributed by atoms with Crippen molar-refractivity contribution in [2.24, 2.45) is 0 Å². The molecule has 240 valence electrons. The minimum atomic E-state index is -4.62. The summed E-state index contributed by atoms with van der Waals surface area (Å²) in [5.41, 5.74) is -0.545. The highest BCUT2D eigenvalue weighted by Crippen LogP contribution is 2.42. The molecule has 0 unspecified atom stereocenters. The molecule has 0 saturated heterocycles. The van der Waals surface area contributed by atoms with E-state index in [1.165, 1.54) is 24.3 Å². The van der Waals surface area contributed by atoms with Crippen LogP contribution in [-0.2, 0) is 18.8 Å². The average molecular weight is 657 g/mol. The maximum Gasteiger partial charge on any atom is 0.416 e. The Morgan fingerprint density at radius 1 is 0.604 bits per heavy atom. The zero-order valence-electron chi connectivity index (χ0n) is 24.9. The zero-order chi connectivity index (χ0) is 34.0. The molecule has 0 N–H and O–H groups in total. The number of para-hydroxylation sites is 2. The number of rotatable bonds is 4. The fourth-order valence-corrected chi connectivity index (χ4v) is 6.05. The van der Waals surface area contributed by atoms with Crippen LogP contribution in [0, 0.1) is 6.92 Å². The molecule has 0 aliphatic carbocycles. The molecular formula is C38H22F6O4. The molecular weight excluding hydrogens is 634 g/mol. The molecule has 0 aliphatic heterocycles. The van der Waals surface area contributed by atoms with Gasteiger partial charge in [-0.3, -0.25) is 9.59 Å². The fraction of sp³-hybridized carbons (Fsp3) is 0.105. The molecule has 0 aliphatic rings. The number of hydrogen-bond acceptors (Lipinski definition) is 4. The minimum Gasteiger partial charge on any atom is -0.460 e. The van der Waals surface area contributed by atoms with Crippen LogP contribution in [0.25, 0.3) is 55.2 Å². The first kappa shape index (κ1) is 31.0. The summed E-state index contributed by atoms with van der Waals surface area (Å²) in [7, 11) is 0. The second kappa shape index (κ2) is 11.3. The lowest BCUT2D eigenvalue weighted by atomic mass is 9.87. The van der Waals surface area contributed by atoms with Crippen LogP contribution in [0.5, 0.6) is 0 Å². The van der Waals surface area contributed by atoms with E-state index in [1.807, 2.05) is 0 Å². The van der Waals surface area contributed by atoms with Gasteiger partial charge in [0.2, 0.25) is 10.9 Å². The van der Waals surface area contributed by atoms with Gasteiger partial charge in [-0.1, -0.05) is 48.5 Å². The molecule has 5 aromatic carbocycles. The van der Waals surface area contributed by atoms with Crippen molar-refractivity contribution in [3.63, 3.8) is 0 Å². The van der Waals surface area contributed by atoms with Gasteiger partial charge < -0.3 is 8.83 Å². The van der Waals surface area contributed by atoms with Gasteiger partial charge in [0.05, 0.1) is 32.8 Å². The van der Waals surface area contributed by atoms with Crippen molar-refractivity contribution < 1.29 is 35.2 Å². The lowest BCUT2D eigenvalue weighted by molar-refractivity contribution is -0.138. The van der Waals surface area contributed by atoms with E-state index >= 15 is 0 Å². The van der Waals surface area contributed by atoms with Gasteiger partial charge in [0.25, 0.3) is 0 Å². The van der Waals surface area contributed by atoms with Crippen molar-refractivity contribution >= 4 is 32.9 Å². The summed E-state index contributed by atoms with van der Waals surface area (Å²) in [6, 6.07) is 23.3. The van der Waals surface area contributed by atoms with Crippen LogP contribution in [-0.4, -0.2) is 0 Å². The predicted octanol–water partition coefficient (Wildman–Crippen LogP) is 10.3. The molecule has 0 atom stereocenters. The predicted molar refractivity (Wildman–Crippen MR) is 171 cm³/mol. The standard InChI is InChI=1S/C38H22F6O4/c1-20-18-27(33-30(47-28-8-4-2-6-25(28)35(33)46)19-21-10-14-23(15-11-21)37(39,40)41)32(22-12-16-24(17-13-22)38(42,43)44)36-31(20)34(45)26-7-3-5-9-29(26)48-36/h2-18H,19H2,1H3. The monoisotopic (exact) mass is 656 g/mol. The molecule has 2 heterocycles. The molecule has 0 fully saturated rings. The Morgan fingerprint density at radius 2 is 1.12 bits per heavy atom. The first-order valence-corrected chi connectivity index (χ1v) is 14.7. The topological polar surface area (TPSA) is 60.4 Å². The zero-order valence-corrected chi connectivity index (χ0v) is 24.9. The van der Waals surface area contributed by atoms with Crippen LogP contribution in [0.1, 0.15) is 28.0 Å². The molecule has 4 nitrogen and oxygen atoms in total. The Labute approximate surface area is 267 Å². The number of alkyl halides is 6. The van der Waals surface area contributed by atoms with E-state index in [-0.39, 0.29) is 67.4 Å². The van der Waals surface area contributed by atoms with Crippen molar-refractivity contribution in [2.45, 2.75) is 25.7 Å². The van der Waals surface area contributed by atoms with E-state index in [2.05, 4.69) is 0 Å². The van der Waals surface area contributed by atoms with Gasteiger partial charge in [-0.05, 0) is 78.2 Å². The van der Waals surface area contributed by atoms with Gasteiger partial charge in [0.1, 0.15) is 22.5 Å². The molecule has 2 aromatic heterocycles. The maximum absolute atomic E-state index is 14.4. The van der Waals surface area contributed by atoms with Crippen molar-refractivity contribution in [3.05, 3.63) is 152 Å². The number of fused-ring (bicyclic) bond motifs is 3. The average Bonchev–Trinajstić information content (AvgIpc) is 3.04. The number of aryl methyl sites for hydroxylation is 1. The molecule has 10 heteroatoms. The van der Waals surface area contributed by atoms with Crippen molar-refractivity contribution in [2.75, 3.05) is 0 Å². The summed E-state index contributed by atoms with van der Waals surface area (Å²) in [6.07, 6.45) is -9.26. The molecule has 0 bridgehead atoms. The van der Waals surface area contributed by atoms with Gasteiger partial charge in [-0.15, -0.1) is 0 Å². The lowest BCUT2D eigenvalue weighted by Crippen LogP contribution is -2.12. The summed E-state index contributed by atoms with van der Waals surface area (Å²) < 4.78 is 93.2. The van der Waals surface area contributed by atoms with Crippen molar-refractivity contribution in [1.82, 2.24) is 0 Å². The normalized spacial score (nSPS) is 12.3. The van der Waals surface area contributed by atoms with Crippen LogP contribution in [0.15, 0.2) is 122 Å². The third-order valence-electron chi connectivity index (χ3n) is 8.34. The molecule has 0 spiro atoms. The highest BCUT2D eigenvalue weighted by molar-refractivity contribution is 6.06. The molecule has 0 radical (unpaired) electrons. The lowest BCUT2D eigenvalue weighted by Gasteiger charge is -2.18. The number of halogens is 6. The summed E-state index contributed by atoms with van der Waals surface area (Å²) in [5, 5.41) is 0.689. The van der Waals surface area contributed by atoms with Gasteiger partial charge in [-0.25, -0.2) is 0 Å². The van der Waals surface area contributed by atoms with Crippen molar-refractivity contribution in [3.8, 4) is 22.3 Å². The molecule has 48 heavy (non-hydrogen) atoms. The summed E-state index contributed by atoms with van der Waals surface area (Å²) in [6.45, 7) is 1.66. The number of benzene rings is 5. The molecule has 0 saturated carbocycles. The van der Waals surface area contributed by atoms with E-state index in [4.69, 9.17) is 8.83 Å².